The Hall–Kier alpha value is -0.320. The fourth-order valence-electron chi connectivity index (χ4n) is 2.57. The number of hydrogen-bond acceptors (Lipinski definition) is 3. The number of hydrogen-bond donors (Lipinski definition) is 2. The first-order valence-corrected chi connectivity index (χ1v) is 7.59. The summed E-state index contributed by atoms with van der Waals surface area (Å²) in [6, 6.07) is 0.234. The molecule has 4 nitrogen and oxygen atoms in total. The van der Waals surface area contributed by atoms with Crippen LogP contribution in [0.2, 0.25) is 0 Å². The summed E-state index contributed by atoms with van der Waals surface area (Å²) in [5.74, 6) is 0.851. The molecule has 0 spiro atoms. The lowest BCUT2D eigenvalue weighted by molar-refractivity contribution is -0.136. The van der Waals surface area contributed by atoms with Crippen LogP contribution in [-0.2, 0) is 9.53 Å². The highest BCUT2D eigenvalue weighted by Crippen LogP contribution is 2.29. The molecule has 1 fully saturated rings. The second-order valence-electron chi connectivity index (χ2n) is 6.30. The Balaban J connectivity index is 0.00000361. The zero-order valence-electron chi connectivity index (χ0n) is 13.1. The summed E-state index contributed by atoms with van der Waals surface area (Å²) >= 11 is 0. The third-order valence-corrected chi connectivity index (χ3v) is 4.12. The Morgan fingerprint density at radius 1 is 1.25 bits per heavy atom. The van der Waals surface area contributed by atoms with Crippen LogP contribution in [0, 0.1) is 11.3 Å². The molecule has 20 heavy (non-hydrogen) atoms. The van der Waals surface area contributed by atoms with Gasteiger partial charge < -0.3 is 15.8 Å². The molecule has 0 aromatic heterocycles. The van der Waals surface area contributed by atoms with Gasteiger partial charge >= 0.3 is 0 Å². The van der Waals surface area contributed by atoms with E-state index in [9.17, 15) is 4.79 Å². The van der Waals surface area contributed by atoms with Crippen molar-refractivity contribution in [3.8, 4) is 0 Å². The van der Waals surface area contributed by atoms with Crippen molar-refractivity contribution >= 4 is 18.3 Å². The SMILES string of the molecule is CC(C)CCCC(C)NC(=O)C1(CN)CCOCC1.Cl. The fourth-order valence-corrected chi connectivity index (χ4v) is 2.57. The second-order valence-corrected chi connectivity index (χ2v) is 6.30. The summed E-state index contributed by atoms with van der Waals surface area (Å²) in [4.78, 5) is 12.4. The van der Waals surface area contributed by atoms with Crippen LogP contribution < -0.4 is 11.1 Å². The Morgan fingerprint density at radius 2 is 1.85 bits per heavy atom. The molecule has 1 amide bonds. The Labute approximate surface area is 129 Å². The molecule has 1 saturated heterocycles. The molecule has 1 aliphatic heterocycles. The standard InChI is InChI=1S/C15H30N2O2.ClH/c1-12(2)5-4-6-13(3)17-14(18)15(11-16)7-9-19-10-8-15;/h12-13H,4-11,16H2,1-3H3,(H,17,18);1H. The molecule has 1 rings (SSSR count). The van der Waals surface area contributed by atoms with E-state index in [1.165, 1.54) is 6.42 Å². The van der Waals surface area contributed by atoms with E-state index in [0.29, 0.717) is 19.8 Å². The minimum absolute atomic E-state index is 0. The number of carbonyl (C=O) groups excluding carboxylic acids is 1. The number of rotatable bonds is 7. The highest BCUT2D eigenvalue weighted by molar-refractivity contribution is 5.85. The van der Waals surface area contributed by atoms with Gasteiger partial charge in [0.1, 0.15) is 0 Å². The summed E-state index contributed by atoms with van der Waals surface area (Å²) in [6.45, 7) is 8.25. The van der Waals surface area contributed by atoms with E-state index in [1.807, 2.05) is 0 Å². The lowest BCUT2D eigenvalue weighted by Gasteiger charge is -2.35. The van der Waals surface area contributed by atoms with Crippen molar-refractivity contribution in [1.82, 2.24) is 5.32 Å². The molecule has 1 unspecified atom stereocenters. The third-order valence-electron chi connectivity index (χ3n) is 4.12. The zero-order valence-corrected chi connectivity index (χ0v) is 13.9. The monoisotopic (exact) mass is 306 g/mol. The van der Waals surface area contributed by atoms with Crippen LogP contribution in [0.3, 0.4) is 0 Å². The average Bonchev–Trinajstić information content (AvgIpc) is 2.39. The second kappa shape index (κ2) is 9.59. The summed E-state index contributed by atoms with van der Waals surface area (Å²) < 4.78 is 5.34. The van der Waals surface area contributed by atoms with Crippen LogP contribution in [0.25, 0.3) is 0 Å². The molecular formula is C15H31ClN2O2. The smallest absolute Gasteiger partial charge is 0.227 e. The molecule has 0 bridgehead atoms. The van der Waals surface area contributed by atoms with Gasteiger partial charge in [0.2, 0.25) is 5.91 Å². The van der Waals surface area contributed by atoms with Gasteiger partial charge in [-0.1, -0.05) is 26.7 Å². The van der Waals surface area contributed by atoms with Crippen molar-refractivity contribution in [1.29, 1.82) is 0 Å². The maximum Gasteiger partial charge on any atom is 0.227 e. The number of carbonyl (C=O) groups is 1. The summed E-state index contributed by atoms with van der Waals surface area (Å²) in [7, 11) is 0. The van der Waals surface area contributed by atoms with Crippen molar-refractivity contribution in [3.05, 3.63) is 0 Å². The van der Waals surface area contributed by atoms with E-state index in [0.717, 1.165) is 31.6 Å². The van der Waals surface area contributed by atoms with E-state index in [1.54, 1.807) is 0 Å². The predicted molar refractivity (Wildman–Crippen MR) is 85.1 cm³/mol. The highest BCUT2D eigenvalue weighted by atomic mass is 35.5. The summed E-state index contributed by atoms with van der Waals surface area (Å²) in [6.07, 6.45) is 4.91. The van der Waals surface area contributed by atoms with Crippen LogP contribution in [0.1, 0.15) is 52.9 Å². The summed E-state index contributed by atoms with van der Waals surface area (Å²) in [5.41, 5.74) is 5.44. The van der Waals surface area contributed by atoms with Crippen LogP contribution in [-0.4, -0.2) is 31.7 Å². The first kappa shape index (κ1) is 19.7. The van der Waals surface area contributed by atoms with E-state index in [4.69, 9.17) is 10.5 Å². The van der Waals surface area contributed by atoms with Crippen molar-refractivity contribution in [3.63, 3.8) is 0 Å². The minimum atomic E-state index is -0.398. The number of halogens is 1. The number of amides is 1. The van der Waals surface area contributed by atoms with Gasteiger partial charge in [-0.3, -0.25) is 4.79 Å². The molecule has 1 atom stereocenters. The van der Waals surface area contributed by atoms with Crippen molar-refractivity contribution in [2.24, 2.45) is 17.1 Å². The van der Waals surface area contributed by atoms with Crippen LogP contribution in [0.5, 0.6) is 0 Å². The van der Waals surface area contributed by atoms with Crippen LogP contribution >= 0.6 is 12.4 Å². The molecule has 0 aromatic rings. The maximum absolute atomic E-state index is 12.4. The largest absolute Gasteiger partial charge is 0.381 e. The first-order valence-electron chi connectivity index (χ1n) is 7.59. The van der Waals surface area contributed by atoms with Crippen molar-refractivity contribution in [2.45, 2.75) is 58.9 Å². The van der Waals surface area contributed by atoms with Gasteiger partial charge in [0.15, 0.2) is 0 Å². The molecule has 1 aliphatic rings. The van der Waals surface area contributed by atoms with Gasteiger partial charge in [-0.15, -0.1) is 12.4 Å². The minimum Gasteiger partial charge on any atom is -0.381 e. The molecule has 5 heteroatoms. The van der Waals surface area contributed by atoms with Crippen molar-refractivity contribution in [2.75, 3.05) is 19.8 Å². The predicted octanol–water partition coefficient (Wildman–Crippen LogP) is 2.49. The normalized spacial score (nSPS) is 19.2. The van der Waals surface area contributed by atoms with Crippen LogP contribution in [0.15, 0.2) is 0 Å². The molecule has 3 N–H and O–H groups in total. The molecule has 0 aromatic carbocycles. The molecule has 120 valence electrons. The van der Waals surface area contributed by atoms with Crippen LogP contribution in [0.4, 0.5) is 0 Å². The van der Waals surface area contributed by atoms with Gasteiger partial charge in [-0.25, -0.2) is 0 Å². The summed E-state index contributed by atoms with van der Waals surface area (Å²) in [5, 5.41) is 3.14. The molecular weight excluding hydrogens is 276 g/mol. The molecule has 0 aliphatic carbocycles. The van der Waals surface area contributed by atoms with E-state index < -0.39 is 5.41 Å². The lowest BCUT2D eigenvalue weighted by Crippen LogP contribution is -2.51. The van der Waals surface area contributed by atoms with Gasteiger partial charge in [-0.2, -0.15) is 0 Å². The van der Waals surface area contributed by atoms with Gasteiger partial charge in [0.25, 0.3) is 0 Å². The number of ether oxygens (including phenoxy) is 1. The van der Waals surface area contributed by atoms with Gasteiger partial charge in [0.05, 0.1) is 5.41 Å². The topological polar surface area (TPSA) is 64.4 Å². The molecule has 1 heterocycles. The van der Waals surface area contributed by atoms with Crippen molar-refractivity contribution < 1.29 is 9.53 Å². The first-order chi connectivity index (χ1) is 9.00. The fraction of sp³-hybridized carbons (Fsp3) is 0.933. The molecule has 0 radical (unpaired) electrons. The number of nitrogens with two attached hydrogens (primary N) is 1. The van der Waals surface area contributed by atoms with E-state index in [2.05, 4.69) is 26.1 Å². The Bertz CT molecular complexity index is 279. The van der Waals surface area contributed by atoms with E-state index in [-0.39, 0.29) is 24.4 Å². The van der Waals surface area contributed by atoms with Gasteiger partial charge in [0, 0.05) is 25.8 Å². The Kier molecular flexibility index (Phi) is 9.43. The quantitative estimate of drug-likeness (QED) is 0.759. The Morgan fingerprint density at radius 3 is 2.35 bits per heavy atom. The van der Waals surface area contributed by atoms with E-state index >= 15 is 0 Å². The molecule has 0 saturated carbocycles. The third kappa shape index (κ3) is 5.98. The lowest BCUT2D eigenvalue weighted by atomic mass is 9.79. The zero-order chi connectivity index (χ0) is 14.3. The number of nitrogens with one attached hydrogen (secondary N) is 1. The maximum atomic E-state index is 12.4. The van der Waals surface area contributed by atoms with Gasteiger partial charge in [-0.05, 0) is 32.1 Å². The average molecular weight is 307 g/mol. The highest BCUT2D eigenvalue weighted by Gasteiger charge is 2.39.